The highest BCUT2D eigenvalue weighted by atomic mass is 16.5. The van der Waals surface area contributed by atoms with E-state index in [4.69, 9.17) is 18.9 Å². The molecule has 0 aromatic heterocycles. The van der Waals surface area contributed by atoms with Crippen molar-refractivity contribution in [2.24, 2.45) is 0 Å². The Morgan fingerprint density at radius 2 is 1.53 bits per heavy atom. The summed E-state index contributed by atoms with van der Waals surface area (Å²) in [7, 11) is 4.60. The molecule has 0 bridgehead atoms. The molecule has 0 aliphatic heterocycles. The highest BCUT2D eigenvalue weighted by Gasteiger charge is 2.18. The summed E-state index contributed by atoms with van der Waals surface area (Å²) >= 11 is 0. The Kier molecular flexibility index (Phi) is 8.14. The molecule has 0 heterocycles. The number of anilines is 1. The van der Waals surface area contributed by atoms with Crippen molar-refractivity contribution in [2.75, 3.05) is 26.6 Å². The summed E-state index contributed by atoms with van der Waals surface area (Å²) in [6.07, 6.45) is 8.34. The molecule has 170 valence electrons. The molecule has 1 saturated carbocycles. The maximum absolute atomic E-state index is 12.3. The Morgan fingerprint density at radius 3 is 2.09 bits per heavy atom. The maximum Gasteiger partial charge on any atom is 0.338 e. The third kappa shape index (κ3) is 6.03. The van der Waals surface area contributed by atoms with Crippen molar-refractivity contribution in [2.45, 2.75) is 38.2 Å². The lowest BCUT2D eigenvalue weighted by Gasteiger charge is -2.21. The lowest BCUT2D eigenvalue weighted by molar-refractivity contribution is -0.111. The molecule has 2 aromatic carbocycles. The van der Waals surface area contributed by atoms with E-state index >= 15 is 0 Å². The Labute approximate surface area is 188 Å². The zero-order valence-corrected chi connectivity index (χ0v) is 18.7. The highest BCUT2D eigenvalue weighted by molar-refractivity contribution is 6.02. The molecule has 3 rings (SSSR count). The molecule has 2 aromatic rings. The molecule has 7 heteroatoms. The first kappa shape index (κ1) is 23.2. The molecular weight excluding hydrogens is 410 g/mol. The van der Waals surface area contributed by atoms with E-state index in [1.807, 2.05) is 0 Å². The van der Waals surface area contributed by atoms with Crippen molar-refractivity contribution < 1.29 is 28.5 Å². The van der Waals surface area contributed by atoms with Crippen LogP contribution in [0.3, 0.4) is 0 Å². The van der Waals surface area contributed by atoms with E-state index < -0.39 is 0 Å². The molecule has 1 N–H and O–H groups in total. The van der Waals surface area contributed by atoms with E-state index in [0.29, 0.717) is 28.5 Å². The Bertz CT molecular complexity index is 936. The molecule has 1 aliphatic carbocycles. The third-order valence-corrected chi connectivity index (χ3v) is 5.33. The van der Waals surface area contributed by atoms with Crippen molar-refractivity contribution in [1.82, 2.24) is 0 Å². The van der Waals surface area contributed by atoms with Crippen LogP contribution in [0.4, 0.5) is 5.69 Å². The van der Waals surface area contributed by atoms with Gasteiger partial charge in [0.25, 0.3) is 0 Å². The van der Waals surface area contributed by atoms with Crippen molar-refractivity contribution in [3.05, 3.63) is 53.6 Å². The fourth-order valence-electron chi connectivity index (χ4n) is 3.65. The minimum atomic E-state index is -0.322. The molecule has 32 heavy (non-hydrogen) atoms. The normalized spacial score (nSPS) is 14.1. The number of esters is 1. The quantitative estimate of drug-likeness (QED) is 0.467. The first-order chi connectivity index (χ1) is 15.5. The van der Waals surface area contributed by atoms with Crippen LogP contribution in [0.2, 0.25) is 0 Å². The fraction of sp³-hybridized carbons (Fsp3) is 0.360. The van der Waals surface area contributed by atoms with Gasteiger partial charge >= 0.3 is 5.97 Å². The summed E-state index contributed by atoms with van der Waals surface area (Å²) in [5.74, 6) is 0.859. The number of carbonyl (C=O) groups is 2. The van der Waals surface area contributed by atoms with Gasteiger partial charge in [0.1, 0.15) is 6.10 Å². The van der Waals surface area contributed by atoms with Crippen LogP contribution in [0.25, 0.3) is 6.08 Å². The SMILES string of the molecule is COc1cc(/C=C/C(=O)Nc2ccc(C(=O)OC3CCCCC3)cc2)cc(OC)c1OC. The van der Waals surface area contributed by atoms with Crippen LogP contribution in [0.1, 0.15) is 48.0 Å². The summed E-state index contributed by atoms with van der Waals surface area (Å²) in [6.45, 7) is 0. The number of nitrogens with one attached hydrogen (secondary N) is 1. The summed E-state index contributed by atoms with van der Waals surface area (Å²) < 4.78 is 21.5. The molecule has 0 unspecified atom stereocenters. The topological polar surface area (TPSA) is 83.1 Å². The van der Waals surface area contributed by atoms with Crippen molar-refractivity contribution >= 4 is 23.6 Å². The maximum atomic E-state index is 12.3. The smallest absolute Gasteiger partial charge is 0.338 e. The van der Waals surface area contributed by atoms with Gasteiger partial charge in [-0.2, -0.15) is 0 Å². The lowest BCUT2D eigenvalue weighted by atomic mass is 9.98. The Balaban J connectivity index is 1.60. The zero-order chi connectivity index (χ0) is 22.9. The zero-order valence-electron chi connectivity index (χ0n) is 18.7. The van der Waals surface area contributed by atoms with Gasteiger partial charge in [0.05, 0.1) is 26.9 Å². The van der Waals surface area contributed by atoms with Gasteiger partial charge in [-0.05, 0) is 73.7 Å². The molecule has 1 aliphatic rings. The monoisotopic (exact) mass is 439 g/mol. The number of hydrogen-bond donors (Lipinski definition) is 1. The average molecular weight is 440 g/mol. The van der Waals surface area contributed by atoms with E-state index in [9.17, 15) is 9.59 Å². The minimum absolute atomic E-state index is 0.0102. The lowest BCUT2D eigenvalue weighted by Crippen LogP contribution is -2.20. The second kappa shape index (κ2) is 11.2. The predicted octanol–water partition coefficient (Wildman–Crippen LogP) is 4.85. The first-order valence-corrected chi connectivity index (χ1v) is 10.6. The van der Waals surface area contributed by atoms with E-state index in [1.165, 1.54) is 33.8 Å². The van der Waals surface area contributed by atoms with Gasteiger partial charge in [-0.25, -0.2) is 4.79 Å². The molecular formula is C25H29NO6. The van der Waals surface area contributed by atoms with Gasteiger partial charge in [-0.15, -0.1) is 0 Å². The van der Waals surface area contributed by atoms with Crippen LogP contribution < -0.4 is 19.5 Å². The van der Waals surface area contributed by atoms with Gasteiger partial charge in [0.15, 0.2) is 11.5 Å². The van der Waals surface area contributed by atoms with E-state index in [0.717, 1.165) is 31.2 Å². The standard InChI is InChI=1S/C25H29NO6/c1-29-21-15-17(16-22(30-2)24(21)31-3)9-14-23(27)26-19-12-10-18(11-13-19)25(28)32-20-7-5-4-6-8-20/h9-16,20H,4-8H2,1-3H3,(H,26,27)/b14-9+. The molecule has 0 radical (unpaired) electrons. The van der Waals surface area contributed by atoms with Gasteiger partial charge < -0.3 is 24.3 Å². The van der Waals surface area contributed by atoms with Gasteiger partial charge in [0, 0.05) is 11.8 Å². The molecule has 0 spiro atoms. The Hall–Kier alpha value is -3.48. The van der Waals surface area contributed by atoms with E-state index in [1.54, 1.807) is 42.5 Å². The van der Waals surface area contributed by atoms with Gasteiger partial charge in [-0.1, -0.05) is 6.42 Å². The largest absolute Gasteiger partial charge is 0.493 e. The third-order valence-electron chi connectivity index (χ3n) is 5.33. The number of hydrogen-bond acceptors (Lipinski definition) is 6. The number of amides is 1. The van der Waals surface area contributed by atoms with Crippen molar-refractivity contribution in [1.29, 1.82) is 0 Å². The Morgan fingerprint density at radius 1 is 0.906 bits per heavy atom. The molecule has 7 nitrogen and oxygen atoms in total. The highest BCUT2D eigenvalue weighted by Crippen LogP contribution is 2.38. The van der Waals surface area contributed by atoms with Crippen LogP contribution in [0.15, 0.2) is 42.5 Å². The van der Waals surface area contributed by atoms with Crippen LogP contribution >= 0.6 is 0 Å². The van der Waals surface area contributed by atoms with E-state index in [2.05, 4.69) is 5.32 Å². The first-order valence-electron chi connectivity index (χ1n) is 10.6. The summed E-state index contributed by atoms with van der Waals surface area (Å²) in [4.78, 5) is 24.6. The summed E-state index contributed by atoms with van der Waals surface area (Å²) in [6, 6.07) is 10.2. The second-order valence-electron chi connectivity index (χ2n) is 7.52. The average Bonchev–Trinajstić information content (AvgIpc) is 2.83. The second-order valence-corrected chi connectivity index (χ2v) is 7.52. The number of methoxy groups -OCH3 is 3. The number of rotatable bonds is 8. The van der Waals surface area contributed by atoms with Crippen LogP contribution in [-0.4, -0.2) is 39.3 Å². The summed E-state index contributed by atoms with van der Waals surface area (Å²) in [5.41, 5.74) is 1.77. The van der Waals surface area contributed by atoms with Crippen molar-refractivity contribution in [3.63, 3.8) is 0 Å². The number of ether oxygens (including phenoxy) is 4. The minimum Gasteiger partial charge on any atom is -0.493 e. The van der Waals surface area contributed by atoms with Gasteiger partial charge in [-0.3, -0.25) is 4.79 Å². The van der Waals surface area contributed by atoms with Crippen LogP contribution in [-0.2, 0) is 9.53 Å². The number of benzene rings is 2. The fourth-order valence-corrected chi connectivity index (χ4v) is 3.65. The molecule has 0 atom stereocenters. The number of carbonyl (C=O) groups excluding carboxylic acids is 2. The summed E-state index contributed by atoms with van der Waals surface area (Å²) in [5, 5.41) is 2.77. The molecule has 0 saturated heterocycles. The van der Waals surface area contributed by atoms with Crippen molar-refractivity contribution in [3.8, 4) is 17.2 Å². The predicted molar refractivity (Wildman–Crippen MR) is 122 cm³/mol. The van der Waals surface area contributed by atoms with E-state index in [-0.39, 0.29) is 18.0 Å². The van der Waals surface area contributed by atoms with Crippen LogP contribution in [0, 0.1) is 0 Å². The van der Waals surface area contributed by atoms with Crippen LogP contribution in [0.5, 0.6) is 17.2 Å². The molecule has 1 fully saturated rings. The molecule has 1 amide bonds. The van der Waals surface area contributed by atoms with Gasteiger partial charge in [0.2, 0.25) is 11.7 Å².